The van der Waals surface area contributed by atoms with Crippen molar-refractivity contribution in [3.8, 4) is 0 Å². The minimum absolute atomic E-state index is 0.181. The highest BCUT2D eigenvalue weighted by Crippen LogP contribution is 2.34. The molecule has 4 aromatic rings. The van der Waals surface area contributed by atoms with E-state index in [2.05, 4.69) is 0 Å². The molecule has 4 heteroatoms. The monoisotopic (exact) mass is 488 g/mol. The van der Waals surface area contributed by atoms with E-state index in [0.717, 1.165) is 27.8 Å². The first-order valence-corrected chi connectivity index (χ1v) is 12.2. The molecule has 0 atom stereocenters. The minimum Gasteiger partial charge on any atom is -0.481 e. The first kappa shape index (κ1) is 25.4. The Morgan fingerprint density at radius 3 is 1.16 bits per heavy atom. The molecule has 37 heavy (non-hydrogen) atoms. The second-order valence-electron chi connectivity index (χ2n) is 8.67. The molecule has 4 nitrogen and oxygen atoms in total. The van der Waals surface area contributed by atoms with Gasteiger partial charge in [-0.05, 0) is 46.2 Å². The molecule has 0 saturated carbocycles. The molecule has 0 amide bonds. The van der Waals surface area contributed by atoms with Crippen LogP contribution in [0.1, 0.15) is 41.5 Å². The number of carboxylic acids is 2. The Morgan fingerprint density at radius 1 is 0.486 bits per heavy atom. The van der Waals surface area contributed by atoms with Gasteiger partial charge in [0.15, 0.2) is 0 Å². The van der Waals surface area contributed by atoms with Gasteiger partial charge >= 0.3 is 11.9 Å². The fraction of sp³-hybridized carbons (Fsp3) is 0.0909. The highest BCUT2D eigenvalue weighted by Gasteiger charge is 2.21. The van der Waals surface area contributed by atoms with E-state index in [4.69, 9.17) is 0 Å². The van der Waals surface area contributed by atoms with E-state index in [1.54, 1.807) is 0 Å². The molecule has 4 rings (SSSR count). The first-order valence-electron chi connectivity index (χ1n) is 12.2. The molecule has 0 fully saturated rings. The molecule has 0 heterocycles. The predicted octanol–water partition coefficient (Wildman–Crippen LogP) is 7.33. The largest absolute Gasteiger partial charge is 0.481 e. The molecule has 0 aliphatic carbocycles. The number of carboxylic acid groups (broad SMARTS) is 2. The van der Waals surface area contributed by atoms with Gasteiger partial charge in [-0.2, -0.15) is 0 Å². The van der Waals surface area contributed by atoms with E-state index >= 15 is 0 Å². The van der Waals surface area contributed by atoms with Crippen molar-refractivity contribution in [2.75, 3.05) is 0 Å². The van der Waals surface area contributed by atoms with Gasteiger partial charge in [0.2, 0.25) is 0 Å². The Morgan fingerprint density at radius 2 is 0.838 bits per heavy atom. The van der Waals surface area contributed by atoms with Gasteiger partial charge in [-0.1, -0.05) is 127 Å². The van der Waals surface area contributed by atoms with Crippen LogP contribution in [0.2, 0.25) is 0 Å². The average molecular weight is 489 g/mol. The molecule has 4 aromatic carbocycles. The van der Waals surface area contributed by atoms with E-state index in [1.807, 2.05) is 121 Å². The lowest BCUT2D eigenvalue weighted by Gasteiger charge is -2.18. The summed E-state index contributed by atoms with van der Waals surface area (Å²) in [6.07, 6.45) is 0.286. The van der Waals surface area contributed by atoms with Gasteiger partial charge in [-0.25, -0.2) is 4.79 Å². The van der Waals surface area contributed by atoms with Crippen LogP contribution in [0.5, 0.6) is 0 Å². The Hall–Kier alpha value is -4.70. The number of aliphatic carboxylic acids is 2. The summed E-state index contributed by atoms with van der Waals surface area (Å²) in [6.45, 7) is 0. The number of benzene rings is 4. The smallest absolute Gasteiger partial charge is 0.332 e. The molecule has 2 N–H and O–H groups in total. The quantitative estimate of drug-likeness (QED) is 0.229. The molecule has 0 aliphatic heterocycles. The number of rotatable bonds is 10. The third-order valence-electron chi connectivity index (χ3n) is 6.20. The van der Waals surface area contributed by atoms with Crippen molar-refractivity contribution >= 4 is 23.1 Å². The van der Waals surface area contributed by atoms with E-state index in [-0.39, 0.29) is 24.8 Å². The van der Waals surface area contributed by atoms with E-state index in [9.17, 15) is 19.8 Å². The van der Waals surface area contributed by atoms with Crippen molar-refractivity contribution in [1.82, 2.24) is 0 Å². The zero-order valence-corrected chi connectivity index (χ0v) is 20.4. The third-order valence-corrected chi connectivity index (χ3v) is 6.20. The summed E-state index contributed by atoms with van der Waals surface area (Å²) in [6, 6.07) is 38.3. The Bertz CT molecular complexity index is 1320. The zero-order chi connectivity index (χ0) is 26.0. The van der Waals surface area contributed by atoms with Crippen LogP contribution in [0.4, 0.5) is 0 Å². The number of carbonyl (C=O) groups is 2. The van der Waals surface area contributed by atoms with Crippen LogP contribution in [0, 0.1) is 0 Å². The van der Waals surface area contributed by atoms with Crippen molar-refractivity contribution in [3.05, 3.63) is 155 Å². The zero-order valence-electron chi connectivity index (χ0n) is 20.4. The highest BCUT2D eigenvalue weighted by molar-refractivity contribution is 6.01. The molecule has 0 spiro atoms. The van der Waals surface area contributed by atoms with Crippen LogP contribution in [0.15, 0.2) is 132 Å². The highest BCUT2D eigenvalue weighted by atomic mass is 16.4. The summed E-state index contributed by atoms with van der Waals surface area (Å²) in [4.78, 5) is 24.6. The minimum atomic E-state index is -1.02. The average Bonchev–Trinajstić information content (AvgIpc) is 2.92. The van der Waals surface area contributed by atoms with Gasteiger partial charge in [0.25, 0.3) is 0 Å². The van der Waals surface area contributed by atoms with Gasteiger partial charge in [0, 0.05) is 5.57 Å². The van der Waals surface area contributed by atoms with E-state index in [0.29, 0.717) is 11.1 Å². The maximum Gasteiger partial charge on any atom is 0.332 e. The SMILES string of the molecule is O=C(O)CC(CCC(C(=O)O)=C(c1ccccc1)c1ccccc1)=C(c1ccccc1)c1ccccc1. The lowest BCUT2D eigenvalue weighted by atomic mass is 9.86. The van der Waals surface area contributed by atoms with Gasteiger partial charge in [0.05, 0.1) is 6.42 Å². The van der Waals surface area contributed by atoms with Crippen molar-refractivity contribution in [3.63, 3.8) is 0 Å². The van der Waals surface area contributed by atoms with Crippen LogP contribution in [-0.2, 0) is 9.59 Å². The Labute approximate surface area is 216 Å². The maximum absolute atomic E-state index is 12.6. The molecule has 0 aromatic heterocycles. The standard InChI is InChI=1S/C33H28O4/c34-30(35)23-28(31(24-13-5-1-6-14-24)25-15-7-2-8-16-25)21-22-29(33(36)37)32(26-17-9-3-10-18-26)27-19-11-4-12-20-27/h1-20H,21-23H2,(H,34,35)(H,36,37). The molecule has 0 unspecified atom stereocenters. The lowest BCUT2D eigenvalue weighted by Crippen LogP contribution is -2.08. The number of hydrogen-bond acceptors (Lipinski definition) is 2. The van der Waals surface area contributed by atoms with Crippen molar-refractivity contribution in [2.24, 2.45) is 0 Å². The maximum atomic E-state index is 12.6. The summed E-state index contributed by atoms with van der Waals surface area (Å²) in [5, 5.41) is 20.1. The van der Waals surface area contributed by atoms with Crippen molar-refractivity contribution < 1.29 is 19.8 Å². The Balaban J connectivity index is 1.87. The summed E-state index contributed by atoms with van der Waals surface area (Å²) in [7, 11) is 0. The topological polar surface area (TPSA) is 74.6 Å². The second-order valence-corrected chi connectivity index (χ2v) is 8.67. The van der Waals surface area contributed by atoms with E-state index in [1.165, 1.54) is 0 Å². The molecule has 0 bridgehead atoms. The summed E-state index contributed by atoms with van der Waals surface area (Å²) in [5.74, 6) is -1.97. The molecule has 0 saturated heterocycles. The lowest BCUT2D eigenvalue weighted by molar-refractivity contribution is -0.136. The molecule has 0 aliphatic rings. The van der Waals surface area contributed by atoms with Crippen LogP contribution in [0.3, 0.4) is 0 Å². The first-order chi connectivity index (χ1) is 18.0. The predicted molar refractivity (Wildman–Crippen MR) is 147 cm³/mol. The number of hydrogen-bond donors (Lipinski definition) is 2. The third kappa shape index (κ3) is 6.50. The summed E-state index contributed by atoms with van der Waals surface area (Å²) >= 11 is 0. The van der Waals surface area contributed by atoms with E-state index < -0.39 is 11.9 Å². The van der Waals surface area contributed by atoms with Gasteiger partial charge in [-0.3, -0.25) is 4.79 Å². The van der Waals surface area contributed by atoms with Crippen molar-refractivity contribution in [1.29, 1.82) is 0 Å². The van der Waals surface area contributed by atoms with Crippen LogP contribution < -0.4 is 0 Å². The fourth-order valence-corrected chi connectivity index (χ4v) is 4.61. The van der Waals surface area contributed by atoms with Crippen LogP contribution in [0.25, 0.3) is 11.1 Å². The normalized spacial score (nSPS) is 10.4. The fourth-order valence-electron chi connectivity index (χ4n) is 4.61. The van der Waals surface area contributed by atoms with Gasteiger partial charge in [-0.15, -0.1) is 0 Å². The van der Waals surface area contributed by atoms with Crippen molar-refractivity contribution in [2.45, 2.75) is 19.3 Å². The van der Waals surface area contributed by atoms with Crippen LogP contribution >= 0.6 is 0 Å². The second kappa shape index (κ2) is 12.3. The van der Waals surface area contributed by atoms with Gasteiger partial charge in [0.1, 0.15) is 0 Å². The molecular formula is C33H28O4. The molecular weight excluding hydrogens is 460 g/mol. The molecule has 0 radical (unpaired) electrons. The van der Waals surface area contributed by atoms with Crippen LogP contribution in [-0.4, -0.2) is 22.2 Å². The molecule has 184 valence electrons. The summed E-state index contributed by atoms with van der Waals surface area (Å²) < 4.78 is 0. The van der Waals surface area contributed by atoms with Gasteiger partial charge < -0.3 is 10.2 Å². The summed E-state index contributed by atoms with van der Waals surface area (Å²) in [5.41, 5.74) is 5.82. The Kier molecular flexibility index (Phi) is 8.45.